The van der Waals surface area contributed by atoms with E-state index in [1.807, 2.05) is 19.1 Å². The molecule has 2 aliphatic rings. The molecule has 2 aliphatic heterocycles. The van der Waals surface area contributed by atoms with Gasteiger partial charge in [0.25, 0.3) is 5.91 Å². The second-order valence-corrected chi connectivity index (χ2v) is 9.29. The zero-order valence-corrected chi connectivity index (χ0v) is 21.3. The highest BCUT2D eigenvalue weighted by atomic mass is 19.1. The first-order chi connectivity index (χ1) is 18.2. The lowest BCUT2D eigenvalue weighted by Gasteiger charge is -2.34. The molecule has 3 aromatic heterocycles. The van der Waals surface area contributed by atoms with Crippen molar-refractivity contribution in [1.82, 2.24) is 19.9 Å². The number of nitrogens with two attached hydrogens (primary N) is 1. The van der Waals surface area contributed by atoms with Crippen molar-refractivity contribution in [2.45, 2.75) is 32.5 Å². The van der Waals surface area contributed by atoms with Crippen molar-refractivity contribution in [3.8, 4) is 5.75 Å². The lowest BCUT2D eigenvalue weighted by Crippen LogP contribution is -2.46. The van der Waals surface area contributed by atoms with Gasteiger partial charge in [-0.25, -0.2) is 19.3 Å². The van der Waals surface area contributed by atoms with Crippen molar-refractivity contribution in [2.24, 2.45) is 0 Å². The first kappa shape index (κ1) is 25.5. The molecule has 1 atom stereocenters. The van der Waals surface area contributed by atoms with Gasteiger partial charge >= 0.3 is 0 Å². The predicted molar refractivity (Wildman–Crippen MR) is 138 cm³/mol. The summed E-state index contributed by atoms with van der Waals surface area (Å²) in [6.45, 7) is 8.34. The van der Waals surface area contributed by atoms with E-state index >= 15 is 0 Å². The summed E-state index contributed by atoms with van der Waals surface area (Å²) in [5, 5.41) is 2.77. The number of halogens is 1. The van der Waals surface area contributed by atoms with Crippen LogP contribution in [0.3, 0.4) is 0 Å². The molecule has 0 bridgehead atoms. The lowest BCUT2D eigenvalue weighted by molar-refractivity contribution is -0.129. The van der Waals surface area contributed by atoms with Gasteiger partial charge in [-0.15, -0.1) is 0 Å². The van der Waals surface area contributed by atoms with E-state index in [9.17, 15) is 9.18 Å². The SMILES string of the molecule is CCOC[C@@H]1CN(c2ccc(N(c3ccc4c(n3)NC(=O)C(C)(C)O4)c3ncc(F)c(N)n3)cn2)CCO1. The molecule has 13 heteroatoms. The average molecular weight is 525 g/mol. The monoisotopic (exact) mass is 524 g/mol. The van der Waals surface area contributed by atoms with Gasteiger partial charge < -0.3 is 30.2 Å². The first-order valence-corrected chi connectivity index (χ1v) is 12.2. The molecule has 200 valence electrons. The molecule has 0 saturated carbocycles. The molecule has 0 spiro atoms. The number of amides is 1. The number of ether oxygens (including phenoxy) is 3. The molecule has 38 heavy (non-hydrogen) atoms. The van der Waals surface area contributed by atoms with E-state index in [0.717, 1.165) is 12.0 Å². The Hall–Kier alpha value is -4.10. The van der Waals surface area contributed by atoms with E-state index in [4.69, 9.17) is 19.9 Å². The number of nitrogens with one attached hydrogen (secondary N) is 1. The smallest absolute Gasteiger partial charge is 0.269 e. The molecule has 1 fully saturated rings. The van der Waals surface area contributed by atoms with E-state index in [1.54, 1.807) is 37.1 Å². The Morgan fingerprint density at radius 2 is 2.08 bits per heavy atom. The fraction of sp³-hybridized carbons (Fsp3) is 0.400. The number of hydrogen-bond donors (Lipinski definition) is 2. The number of nitrogens with zero attached hydrogens (tertiary/aromatic N) is 6. The van der Waals surface area contributed by atoms with E-state index in [-0.39, 0.29) is 29.6 Å². The van der Waals surface area contributed by atoms with Gasteiger partial charge in [0, 0.05) is 19.7 Å². The van der Waals surface area contributed by atoms with Crippen LogP contribution in [0.2, 0.25) is 0 Å². The topological polar surface area (TPSA) is 141 Å². The molecule has 0 radical (unpaired) electrons. The normalized spacial score (nSPS) is 18.4. The maximum atomic E-state index is 13.9. The van der Waals surface area contributed by atoms with Crippen molar-refractivity contribution in [3.63, 3.8) is 0 Å². The van der Waals surface area contributed by atoms with Crippen molar-refractivity contribution in [2.75, 3.05) is 53.8 Å². The summed E-state index contributed by atoms with van der Waals surface area (Å²) >= 11 is 0. The minimum absolute atomic E-state index is 0.0423. The second kappa shape index (κ2) is 10.3. The van der Waals surface area contributed by atoms with Crippen LogP contribution in [-0.4, -0.2) is 70.5 Å². The van der Waals surface area contributed by atoms with Crippen LogP contribution in [0.25, 0.3) is 0 Å². The summed E-state index contributed by atoms with van der Waals surface area (Å²) in [5.74, 6) is 0.466. The summed E-state index contributed by atoms with van der Waals surface area (Å²) in [4.78, 5) is 33.6. The number of morpholine rings is 1. The number of hydrogen-bond acceptors (Lipinski definition) is 11. The Balaban J connectivity index is 1.48. The molecule has 0 aromatic carbocycles. The fourth-order valence-electron chi connectivity index (χ4n) is 4.12. The minimum Gasteiger partial charge on any atom is -0.474 e. The van der Waals surface area contributed by atoms with Crippen LogP contribution in [0, 0.1) is 5.82 Å². The largest absolute Gasteiger partial charge is 0.474 e. The van der Waals surface area contributed by atoms with Gasteiger partial charge in [0.2, 0.25) is 5.95 Å². The average Bonchev–Trinajstić information content (AvgIpc) is 2.91. The highest BCUT2D eigenvalue weighted by Crippen LogP contribution is 2.38. The highest BCUT2D eigenvalue weighted by molar-refractivity contribution is 5.99. The van der Waals surface area contributed by atoms with Crippen molar-refractivity contribution in [1.29, 1.82) is 0 Å². The summed E-state index contributed by atoms with van der Waals surface area (Å²) in [6, 6.07) is 7.07. The molecule has 0 aliphatic carbocycles. The first-order valence-electron chi connectivity index (χ1n) is 12.2. The fourth-order valence-corrected chi connectivity index (χ4v) is 4.12. The zero-order chi connectivity index (χ0) is 26.9. The third-order valence-corrected chi connectivity index (χ3v) is 6.14. The number of aromatic nitrogens is 4. The van der Waals surface area contributed by atoms with Crippen LogP contribution < -0.4 is 25.6 Å². The third-order valence-electron chi connectivity index (χ3n) is 6.14. The van der Waals surface area contributed by atoms with Crippen molar-refractivity contribution in [3.05, 3.63) is 42.5 Å². The Morgan fingerprint density at radius 1 is 1.24 bits per heavy atom. The predicted octanol–water partition coefficient (Wildman–Crippen LogP) is 2.81. The zero-order valence-electron chi connectivity index (χ0n) is 21.3. The van der Waals surface area contributed by atoms with E-state index in [2.05, 4.69) is 30.2 Å². The Morgan fingerprint density at radius 3 is 2.82 bits per heavy atom. The maximum Gasteiger partial charge on any atom is 0.269 e. The minimum atomic E-state index is -1.04. The molecule has 3 N–H and O–H groups in total. The Labute approximate surface area is 219 Å². The number of fused-ring (bicyclic) bond motifs is 1. The van der Waals surface area contributed by atoms with Gasteiger partial charge in [0.05, 0.1) is 37.4 Å². The van der Waals surface area contributed by atoms with Crippen LogP contribution in [0.1, 0.15) is 20.8 Å². The molecule has 1 amide bonds. The molecule has 3 aromatic rings. The maximum absolute atomic E-state index is 13.9. The van der Waals surface area contributed by atoms with Gasteiger partial charge in [-0.05, 0) is 45.0 Å². The number of carbonyl (C=O) groups excluding carboxylic acids is 1. The summed E-state index contributed by atoms with van der Waals surface area (Å²) in [7, 11) is 0. The number of nitrogen functional groups attached to an aromatic ring is 1. The molecular weight excluding hydrogens is 495 g/mol. The molecule has 12 nitrogen and oxygen atoms in total. The van der Waals surface area contributed by atoms with Crippen molar-refractivity contribution >= 4 is 40.8 Å². The van der Waals surface area contributed by atoms with E-state index in [0.29, 0.717) is 50.2 Å². The van der Waals surface area contributed by atoms with Crippen LogP contribution in [0.5, 0.6) is 5.75 Å². The lowest BCUT2D eigenvalue weighted by atomic mass is 10.1. The van der Waals surface area contributed by atoms with Crippen LogP contribution in [-0.2, 0) is 14.3 Å². The Bertz CT molecular complexity index is 1320. The summed E-state index contributed by atoms with van der Waals surface area (Å²) in [6.07, 6.45) is 2.59. The van der Waals surface area contributed by atoms with E-state index in [1.165, 1.54) is 0 Å². The van der Waals surface area contributed by atoms with Gasteiger partial charge in [-0.2, -0.15) is 4.98 Å². The van der Waals surface area contributed by atoms with Gasteiger partial charge in [-0.3, -0.25) is 9.69 Å². The molecule has 5 heterocycles. The third kappa shape index (κ3) is 5.15. The summed E-state index contributed by atoms with van der Waals surface area (Å²) in [5.41, 5.74) is 5.26. The van der Waals surface area contributed by atoms with Gasteiger partial charge in [-0.1, -0.05) is 0 Å². The van der Waals surface area contributed by atoms with E-state index < -0.39 is 11.4 Å². The van der Waals surface area contributed by atoms with Gasteiger partial charge in [0.1, 0.15) is 11.6 Å². The van der Waals surface area contributed by atoms with Crippen molar-refractivity contribution < 1.29 is 23.4 Å². The second-order valence-electron chi connectivity index (χ2n) is 9.29. The standard InChI is InChI=1S/C25H29FN8O4/c1-4-36-14-16-13-33(9-10-37-16)19-7-5-15(11-28-19)34(24-29-12-17(26)21(27)31-24)20-8-6-18-22(30-20)32-23(35)25(2,3)38-18/h5-8,11-12,16H,4,9-10,13-14H2,1-3H3,(H2,27,29,31)(H,30,32,35)/t16-/m0/s1. The molecule has 5 rings (SSSR count). The van der Waals surface area contributed by atoms with Crippen LogP contribution in [0.4, 0.5) is 39.3 Å². The number of carbonyl (C=O) groups is 1. The van der Waals surface area contributed by atoms with Crippen LogP contribution >= 0.6 is 0 Å². The number of rotatable bonds is 7. The quantitative estimate of drug-likeness (QED) is 0.471. The van der Waals surface area contributed by atoms with Gasteiger partial charge in [0.15, 0.2) is 28.8 Å². The van der Waals surface area contributed by atoms with Crippen LogP contribution in [0.15, 0.2) is 36.7 Å². The molecule has 1 saturated heterocycles. The number of anilines is 6. The molecule has 0 unspecified atom stereocenters. The molecular formula is C25H29FN8O4. The number of pyridine rings is 2. The highest BCUT2D eigenvalue weighted by Gasteiger charge is 2.36. The summed E-state index contributed by atoms with van der Waals surface area (Å²) < 4.78 is 31.0. The Kier molecular flexibility index (Phi) is 6.95.